The average molecular weight is 341 g/mol. The zero-order chi connectivity index (χ0) is 17.9. The molecule has 1 N–H and O–H groups in total. The lowest BCUT2D eigenvalue weighted by Gasteiger charge is -2.35. The minimum atomic E-state index is -0.884. The van der Waals surface area contributed by atoms with Crippen LogP contribution in [0.4, 0.5) is 0 Å². The number of hydrogen-bond donors (Lipinski definition) is 1. The molecule has 8 nitrogen and oxygen atoms in total. The summed E-state index contributed by atoms with van der Waals surface area (Å²) in [6, 6.07) is 2.52. The highest BCUT2D eigenvalue weighted by Crippen LogP contribution is 2.46. The van der Waals surface area contributed by atoms with Crippen LogP contribution in [0.5, 0.6) is 17.2 Å². The van der Waals surface area contributed by atoms with Gasteiger partial charge in [-0.15, -0.1) is 0 Å². The minimum absolute atomic E-state index is 0.132. The third-order valence-corrected chi connectivity index (χ3v) is 4.57. The number of aliphatic hydroxyl groups excluding tert-OH is 1. The van der Waals surface area contributed by atoms with Gasteiger partial charge in [-0.25, -0.2) is 0 Å². The summed E-state index contributed by atoms with van der Waals surface area (Å²) >= 11 is 0. The molecule has 1 saturated carbocycles. The summed E-state index contributed by atoms with van der Waals surface area (Å²) in [5, 5.41) is 21.8. The van der Waals surface area contributed by atoms with Gasteiger partial charge in [0.1, 0.15) is 0 Å². The van der Waals surface area contributed by atoms with Crippen LogP contribution in [0.15, 0.2) is 12.1 Å². The van der Waals surface area contributed by atoms with Crippen LogP contribution in [-0.2, 0) is 4.74 Å². The van der Waals surface area contributed by atoms with Gasteiger partial charge in [0.15, 0.2) is 11.5 Å². The fourth-order valence-corrected chi connectivity index (χ4v) is 3.37. The van der Waals surface area contributed by atoms with E-state index in [1.165, 1.54) is 28.4 Å². The second-order valence-electron chi connectivity index (χ2n) is 5.70. The Balaban J connectivity index is 2.50. The molecular weight excluding hydrogens is 318 g/mol. The van der Waals surface area contributed by atoms with Crippen molar-refractivity contribution in [3.63, 3.8) is 0 Å². The predicted molar refractivity (Wildman–Crippen MR) is 85.7 cm³/mol. The van der Waals surface area contributed by atoms with Crippen molar-refractivity contribution in [1.82, 2.24) is 0 Å². The SMILES string of the molecule is COc1ccc([C@H]2C[C@H](O)[C@@H](OC)C[C@@H]2[N+](=O)[O-])c(OC)c1OC. The molecule has 134 valence electrons. The van der Waals surface area contributed by atoms with Crippen LogP contribution in [0, 0.1) is 10.1 Å². The summed E-state index contributed by atoms with van der Waals surface area (Å²) in [6.45, 7) is 0. The maximum Gasteiger partial charge on any atom is 0.222 e. The van der Waals surface area contributed by atoms with Crippen molar-refractivity contribution in [2.45, 2.75) is 37.0 Å². The van der Waals surface area contributed by atoms with Gasteiger partial charge in [0, 0.05) is 24.0 Å². The molecule has 2 rings (SSSR count). The Morgan fingerprint density at radius 1 is 1.08 bits per heavy atom. The molecule has 1 aliphatic carbocycles. The Bertz CT molecular complexity index is 592. The zero-order valence-electron chi connectivity index (χ0n) is 14.2. The number of aliphatic hydroxyl groups is 1. The molecule has 0 aliphatic heterocycles. The van der Waals surface area contributed by atoms with Crippen LogP contribution in [0.2, 0.25) is 0 Å². The second kappa shape index (κ2) is 7.67. The highest BCUT2D eigenvalue weighted by atomic mass is 16.6. The van der Waals surface area contributed by atoms with E-state index in [-0.39, 0.29) is 17.8 Å². The molecule has 8 heteroatoms. The summed E-state index contributed by atoms with van der Waals surface area (Å²) in [5.41, 5.74) is 0.616. The molecule has 0 aromatic heterocycles. The van der Waals surface area contributed by atoms with E-state index in [2.05, 4.69) is 0 Å². The zero-order valence-corrected chi connectivity index (χ0v) is 14.2. The molecule has 0 amide bonds. The Hall–Kier alpha value is -2.06. The molecule has 0 spiro atoms. The number of benzene rings is 1. The number of ether oxygens (including phenoxy) is 4. The number of rotatable bonds is 6. The van der Waals surface area contributed by atoms with Crippen molar-refractivity contribution in [2.75, 3.05) is 28.4 Å². The van der Waals surface area contributed by atoms with Crippen LogP contribution >= 0.6 is 0 Å². The van der Waals surface area contributed by atoms with Crippen molar-refractivity contribution in [2.24, 2.45) is 0 Å². The van der Waals surface area contributed by atoms with Crippen LogP contribution in [0.3, 0.4) is 0 Å². The first kappa shape index (κ1) is 18.3. The lowest BCUT2D eigenvalue weighted by molar-refractivity contribution is -0.533. The molecule has 0 bridgehead atoms. The van der Waals surface area contributed by atoms with Gasteiger partial charge in [-0.1, -0.05) is 6.07 Å². The number of nitrogens with zero attached hydrogens (tertiary/aromatic N) is 1. The molecule has 24 heavy (non-hydrogen) atoms. The summed E-state index contributed by atoms with van der Waals surface area (Å²) in [6.07, 6.45) is -1.00. The number of hydrogen-bond acceptors (Lipinski definition) is 7. The summed E-state index contributed by atoms with van der Waals surface area (Å²) < 4.78 is 21.2. The van der Waals surface area contributed by atoms with Gasteiger partial charge < -0.3 is 24.1 Å². The maximum absolute atomic E-state index is 11.6. The van der Waals surface area contributed by atoms with Gasteiger partial charge in [-0.2, -0.15) is 0 Å². The van der Waals surface area contributed by atoms with Crippen LogP contribution in [-0.4, -0.2) is 56.7 Å². The first-order valence-electron chi connectivity index (χ1n) is 7.61. The standard InChI is InChI=1S/C16H23NO7/c1-21-13-6-5-9(15(23-3)16(13)24-4)10-7-12(18)14(22-2)8-11(10)17(19)20/h5-6,10-12,14,18H,7-8H2,1-4H3/t10-,11+,12+,14+/m1/s1. The first-order chi connectivity index (χ1) is 11.5. The molecule has 1 aromatic rings. The molecule has 1 aromatic carbocycles. The van der Waals surface area contributed by atoms with Crippen LogP contribution in [0.1, 0.15) is 24.3 Å². The minimum Gasteiger partial charge on any atom is -0.493 e. The molecule has 0 radical (unpaired) electrons. The smallest absolute Gasteiger partial charge is 0.222 e. The highest BCUT2D eigenvalue weighted by Gasteiger charge is 2.45. The van der Waals surface area contributed by atoms with E-state index in [4.69, 9.17) is 18.9 Å². The van der Waals surface area contributed by atoms with E-state index in [9.17, 15) is 15.2 Å². The van der Waals surface area contributed by atoms with Gasteiger partial charge in [0.05, 0.1) is 39.5 Å². The molecule has 1 fully saturated rings. The summed E-state index contributed by atoms with van der Waals surface area (Å²) in [4.78, 5) is 11.2. The van der Waals surface area contributed by atoms with Gasteiger partial charge in [0.2, 0.25) is 11.8 Å². The van der Waals surface area contributed by atoms with E-state index in [0.717, 1.165) is 0 Å². The monoisotopic (exact) mass is 341 g/mol. The maximum atomic E-state index is 11.6. The number of methoxy groups -OCH3 is 4. The van der Waals surface area contributed by atoms with Crippen molar-refractivity contribution in [3.05, 3.63) is 27.8 Å². The van der Waals surface area contributed by atoms with E-state index in [1.807, 2.05) is 0 Å². The molecule has 1 aliphatic rings. The Labute approximate surface area is 140 Å². The van der Waals surface area contributed by atoms with E-state index in [1.54, 1.807) is 12.1 Å². The van der Waals surface area contributed by atoms with Gasteiger partial charge >= 0.3 is 0 Å². The van der Waals surface area contributed by atoms with Gasteiger partial charge in [-0.05, 0) is 12.5 Å². The van der Waals surface area contributed by atoms with Crippen molar-refractivity contribution in [3.8, 4) is 17.2 Å². The van der Waals surface area contributed by atoms with E-state index < -0.39 is 24.2 Å². The summed E-state index contributed by atoms with van der Waals surface area (Å²) in [7, 11) is 5.90. The second-order valence-corrected chi connectivity index (χ2v) is 5.70. The first-order valence-corrected chi connectivity index (χ1v) is 7.61. The Morgan fingerprint density at radius 2 is 1.75 bits per heavy atom. The fraction of sp³-hybridized carbons (Fsp3) is 0.625. The Morgan fingerprint density at radius 3 is 2.25 bits per heavy atom. The van der Waals surface area contributed by atoms with Crippen molar-refractivity contribution < 1.29 is 29.0 Å². The molecular formula is C16H23NO7. The van der Waals surface area contributed by atoms with Crippen molar-refractivity contribution >= 4 is 0 Å². The topological polar surface area (TPSA) is 100 Å². The molecule has 0 saturated heterocycles. The highest BCUT2D eigenvalue weighted by molar-refractivity contribution is 5.57. The lowest BCUT2D eigenvalue weighted by atomic mass is 9.77. The normalized spacial score (nSPS) is 26.7. The predicted octanol–water partition coefficient (Wildman–Crippen LogP) is 1.61. The van der Waals surface area contributed by atoms with Gasteiger partial charge in [-0.3, -0.25) is 10.1 Å². The Kier molecular flexibility index (Phi) is 5.84. The third-order valence-electron chi connectivity index (χ3n) is 4.57. The van der Waals surface area contributed by atoms with Crippen molar-refractivity contribution in [1.29, 1.82) is 0 Å². The number of nitro groups is 1. The quantitative estimate of drug-likeness (QED) is 0.620. The average Bonchev–Trinajstić information content (AvgIpc) is 2.59. The van der Waals surface area contributed by atoms with Gasteiger partial charge in [0.25, 0.3) is 0 Å². The fourth-order valence-electron chi connectivity index (χ4n) is 3.37. The largest absolute Gasteiger partial charge is 0.493 e. The molecule has 0 unspecified atom stereocenters. The molecule has 0 heterocycles. The summed E-state index contributed by atoms with van der Waals surface area (Å²) in [5.74, 6) is 0.720. The lowest BCUT2D eigenvalue weighted by Crippen LogP contribution is -2.45. The third kappa shape index (κ3) is 3.25. The van der Waals surface area contributed by atoms with E-state index in [0.29, 0.717) is 22.8 Å². The molecule has 4 atom stereocenters. The van der Waals surface area contributed by atoms with E-state index >= 15 is 0 Å². The van der Waals surface area contributed by atoms with Crippen LogP contribution < -0.4 is 14.2 Å². The van der Waals surface area contributed by atoms with Crippen LogP contribution in [0.25, 0.3) is 0 Å².